The lowest BCUT2D eigenvalue weighted by Gasteiger charge is -2.21. The summed E-state index contributed by atoms with van der Waals surface area (Å²) < 4.78 is 50.5. The van der Waals surface area contributed by atoms with Crippen LogP contribution in [0.15, 0.2) is 17.4 Å². The number of aliphatic hydroxyl groups is 4. The van der Waals surface area contributed by atoms with Gasteiger partial charge in [0.2, 0.25) is 0 Å². The number of nitrogens with zero attached hydrogens (tertiary/aromatic N) is 4. The highest BCUT2D eigenvalue weighted by atomic mass is 31.3. The van der Waals surface area contributed by atoms with Gasteiger partial charge in [-0.05, 0) is 0 Å². The van der Waals surface area contributed by atoms with Gasteiger partial charge >= 0.3 is 15.6 Å². The molecule has 0 spiro atoms. The molecule has 2 saturated heterocycles. The largest absolute Gasteiger partial charge is 0.481 e. The molecule has 20 heteroatoms. The summed E-state index contributed by atoms with van der Waals surface area (Å²) in [5.41, 5.74) is -1.12. The van der Waals surface area contributed by atoms with E-state index in [1.807, 2.05) is 0 Å². The monoisotopic (exact) mass is 542 g/mol. The number of ether oxygens (including phenoxy) is 2. The van der Waals surface area contributed by atoms with Crippen LogP contribution in [0.1, 0.15) is 12.5 Å². The summed E-state index contributed by atoms with van der Waals surface area (Å²) in [6, 6.07) is 0. The normalized spacial score (nSPS) is 44.6. The fourth-order valence-corrected chi connectivity index (χ4v) is 6.09. The third-order valence-electron chi connectivity index (χ3n) is 5.74. The fourth-order valence-electron chi connectivity index (χ4n) is 4.00. The van der Waals surface area contributed by atoms with Crippen molar-refractivity contribution in [1.82, 2.24) is 19.1 Å². The van der Waals surface area contributed by atoms with Gasteiger partial charge in [0.25, 0.3) is 5.56 Å². The van der Waals surface area contributed by atoms with Gasteiger partial charge in [-0.25, -0.2) is 19.1 Å². The molecule has 6 heterocycles. The first-order valence-corrected chi connectivity index (χ1v) is 13.0. The maximum absolute atomic E-state index is 13.0. The second kappa shape index (κ2) is 8.74. The van der Waals surface area contributed by atoms with Crippen LogP contribution in [-0.2, 0) is 32.0 Å². The van der Waals surface area contributed by atoms with Gasteiger partial charge in [-0.2, -0.15) is 4.31 Å². The van der Waals surface area contributed by atoms with Crippen molar-refractivity contribution in [2.45, 2.75) is 49.1 Å². The average Bonchev–Trinajstić information content (AvgIpc) is 3.41. The molecule has 2 unspecified atom stereocenters. The summed E-state index contributed by atoms with van der Waals surface area (Å²) >= 11 is 0. The molecular weight excluding hydrogens is 522 g/mol. The Morgan fingerprint density at radius 2 is 1.29 bits per heavy atom. The zero-order valence-electron chi connectivity index (χ0n) is 17.3. The van der Waals surface area contributed by atoms with Crippen LogP contribution in [0.2, 0.25) is 0 Å². The van der Waals surface area contributed by atoms with E-state index >= 15 is 0 Å². The Bertz CT molecular complexity index is 1280. The van der Waals surface area contributed by atoms with Crippen LogP contribution >= 0.6 is 15.6 Å². The average molecular weight is 542 g/mol. The number of fused-ring (bicyclic) bond motifs is 7. The van der Waals surface area contributed by atoms with Crippen molar-refractivity contribution in [3.05, 3.63) is 23.0 Å². The molecule has 0 amide bonds. The van der Waals surface area contributed by atoms with Crippen LogP contribution < -0.4 is 5.56 Å². The van der Waals surface area contributed by atoms with E-state index in [0.29, 0.717) is 0 Å². The van der Waals surface area contributed by atoms with Crippen LogP contribution in [0.3, 0.4) is 0 Å². The standard InChI is InChI=1S/C15H20N4O14P2/c20-8-5-1-29-34(25,26)33-35(27,28)30-2-6-9(21)11(23)15(32-6)19-4-17-12-7(13(19)24)16-3-18(12)14(31-5)10(8)22/h3-6,8-11,14-15,20-23H,1-2H2,(H,25,26)(H,27,28)/t5-,6-,8-,9-,10-,11-,14-,15-/m1/s1. The van der Waals surface area contributed by atoms with Gasteiger partial charge in [0.15, 0.2) is 23.6 Å². The second-order valence-corrected chi connectivity index (χ2v) is 11.0. The van der Waals surface area contributed by atoms with Crippen molar-refractivity contribution in [2.75, 3.05) is 13.2 Å². The number of phosphoric ester groups is 2. The van der Waals surface area contributed by atoms with Crippen molar-refractivity contribution in [1.29, 1.82) is 0 Å². The molecule has 18 nitrogen and oxygen atoms in total. The van der Waals surface area contributed by atoms with E-state index < -0.39 is 83.5 Å². The van der Waals surface area contributed by atoms with Crippen molar-refractivity contribution in [3.63, 3.8) is 0 Å². The SMILES string of the molecule is O=c1c2ncn3c2ncn1[C@@H]1O[C@H](COP(=O)(O)OP(=O)(O)OC[C@H]2O[C@@H]3[C@H](O)[C@@H]2O)[C@@H](O)[C@H]1O. The van der Waals surface area contributed by atoms with E-state index in [2.05, 4.69) is 23.3 Å². The van der Waals surface area contributed by atoms with Crippen LogP contribution in [0.5, 0.6) is 0 Å². The molecule has 0 radical (unpaired) electrons. The molecular formula is C15H20N4O14P2. The van der Waals surface area contributed by atoms with Crippen molar-refractivity contribution in [3.8, 4) is 0 Å². The lowest BCUT2D eigenvalue weighted by Crippen LogP contribution is -2.36. The number of hydrogen-bond acceptors (Lipinski definition) is 14. The van der Waals surface area contributed by atoms with Gasteiger partial charge in [-0.3, -0.25) is 23.0 Å². The highest BCUT2D eigenvalue weighted by molar-refractivity contribution is 7.61. The minimum atomic E-state index is -5.29. The molecule has 4 aliphatic rings. The van der Waals surface area contributed by atoms with Crippen LogP contribution in [0, 0.1) is 0 Å². The Morgan fingerprint density at radius 3 is 1.83 bits per heavy atom. The Balaban J connectivity index is 1.58. The van der Waals surface area contributed by atoms with E-state index in [-0.39, 0.29) is 11.2 Å². The van der Waals surface area contributed by atoms with Gasteiger partial charge in [-0.1, -0.05) is 0 Å². The number of hydrogen-bond donors (Lipinski definition) is 6. The molecule has 2 aromatic heterocycles. The lowest BCUT2D eigenvalue weighted by molar-refractivity contribution is -0.0561. The third-order valence-corrected chi connectivity index (χ3v) is 8.34. The first-order chi connectivity index (χ1) is 16.4. The molecule has 8 bridgehead atoms. The smallest absolute Gasteiger partial charge is 0.387 e. The number of imidazole rings is 1. The van der Waals surface area contributed by atoms with Crippen LogP contribution in [-0.4, -0.2) is 99.2 Å². The molecule has 6 rings (SSSR count). The lowest BCUT2D eigenvalue weighted by atomic mass is 10.1. The molecule has 0 aromatic carbocycles. The summed E-state index contributed by atoms with van der Waals surface area (Å²) in [4.78, 5) is 40.7. The van der Waals surface area contributed by atoms with Crippen molar-refractivity contribution < 1.29 is 62.2 Å². The van der Waals surface area contributed by atoms with E-state index in [0.717, 1.165) is 21.8 Å². The molecule has 4 aliphatic heterocycles. The molecule has 0 saturated carbocycles. The molecule has 2 fully saturated rings. The minimum absolute atomic E-state index is 0.0736. The summed E-state index contributed by atoms with van der Waals surface area (Å²) in [5, 5.41) is 41.4. The van der Waals surface area contributed by atoms with E-state index in [1.165, 1.54) is 0 Å². The maximum atomic E-state index is 13.0. The quantitative estimate of drug-likeness (QED) is 0.182. The molecule has 6 N–H and O–H groups in total. The third kappa shape index (κ3) is 4.40. The molecule has 10 atom stereocenters. The van der Waals surface area contributed by atoms with Crippen LogP contribution in [0.4, 0.5) is 0 Å². The maximum Gasteiger partial charge on any atom is 0.481 e. The highest BCUT2D eigenvalue weighted by Gasteiger charge is 2.48. The van der Waals surface area contributed by atoms with E-state index in [9.17, 15) is 44.1 Å². The topological polar surface area (TPSA) is 254 Å². The first-order valence-electron chi connectivity index (χ1n) is 10.0. The van der Waals surface area contributed by atoms with Gasteiger partial charge in [-0.15, -0.1) is 0 Å². The zero-order chi connectivity index (χ0) is 25.3. The Labute approximate surface area is 194 Å². The predicted octanol–water partition coefficient (Wildman–Crippen LogP) is -2.90. The van der Waals surface area contributed by atoms with Crippen molar-refractivity contribution >= 4 is 26.8 Å². The van der Waals surface area contributed by atoms with E-state index in [1.54, 1.807) is 0 Å². The number of phosphoric acid groups is 2. The van der Waals surface area contributed by atoms with Gasteiger partial charge in [0.05, 0.1) is 19.5 Å². The molecule has 2 aromatic rings. The Hall–Kier alpha value is -1.63. The number of aromatic nitrogens is 4. The van der Waals surface area contributed by atoms with Crippen molar-refractivity contribution in [2.24, 2.45) is 0 Å². The summed E-state index contributed by atoms with van der Waals surface area (Å²) in [7, 11) is -10.6. The van der Waals surface area contributed by atoms with E-state index in [4.69, 9.17) is 9.47 Å². The first kappa shape index (κ1) is 25.0. The fraction of sp³-hybridized carbons (Fsp3) is 0.667. The number of aliphatic hydroxyl groups excluding tert-OH is 4. The summed E-state index contributed by atoms with van der Waals surface area (Å²) in [5.74, 6) is 0. The molecule has 35 heavy (non-hydrogen) atoms. The molecule has 0 aliphatic carbocycles. The highest BCUT2D eigenvalue weighted by Crippen LogP contribution is 2.60. The summed E-state index contributed by atoms with van der Waals surface area (Å²) in [6.45, 7) is -1.77. The minimum Gasteiger partial charge on any atom is -0.387 e. The van der Waals surface area contributed by atoms with Gasteiger partial charge in [0, 0.05) is 0 Å². The molecule has 194 valence electrons. The zero-order valence-corrected chi connectivity index (χ0v) is 19.1. The predicted molar refractivity (Wildman–Crippen MR) is 106 cm³/mol. The Kier molecular flexibility index (Phi) is 6.25. The number of rotatable bonds is 0. The van der Waals surface area contributed by atoms with Gasteiger partial charge < -0.3 is 39.7 Å². The Morgan fingerprint density at radius 1 is 0.800 bits per heavy atom. The second-order valence-electron chi connectivity index (χ2n) is 7.98. The van der Waals surface area contributed by atoms with Crippen LogP contribution in [0.25, 0.3) is 11.2 Å². The summed E-state index contributed by atoms with van der Waals surface area (Å²) in [6.07, 6.45) is -10.4. The van der Waals surface area contributed by atoms with Gasteiger partial charge in [0.1, 0.15) is 43.0 Å².